The first kappa shape index (κ1) is 13.8. The maximum absolute atomic E-state index is 10.5. The molecule has 2 aromatic rings. The van der Waals surface area contributed by atoms with Gasteiger partial charge in [0.15, 0.2) is 0 Å². The summed E-state index contributed by atoms with van der Waals surface area (Å²) in [5, 5.41) is 15.1. The van der Waals surface area contributed by atoms with Crippen molar-refractivity contribution < 1.29 is 9.84 Å². The minimum absolute atomic E-state index is 0.0971. The second kappa shape index (κ2) is 5.59. The molecule has 0 radical (unpaired) electrons. The van der Waals surface area contributed by atoms with E-state index in [1.807, 2.05) is 13.8 Å². The zero-order valence-corrected chi connectivity index (χ0v) is 11.8. The molecule has 1 unspecified atom stereocenters. The van der Waals surface area contributed by atoms with Crippen LogP contribution in [0, 0.1) is 0 Å². The molecule has 2 heterocycles. The molecule has 0 aromatic carbocycles. The Bertz CT molecular complexity index is 569. The summed E-state index contributed by atoms with van der Waals surface area (Å²) in [6.07, 6.45) is 2.21. The van der Waals surface area contributed by atoms with Crippen LogP contribution in [-0.4, -0.2) is 27.0 Å². The number of pyridine rings is 1. The molecule has 0 saturated heterocycles. The second-order valence-corrected chi connectivity index (χ2v) is 4.83. The Hall–Kier alpha value is -1.59. The van der Waals surface area contributed by atoms with Crippen molar-refractivity contribution in [3.63, 3.8) is 0 Å². The average molecular weight is 282 g/mol. The van der Waals surface area contributed by atoms with Gasteiger partial charge in [-0.05, 0) is 26.0 Å². The number of ether oxygens (including phenoxy) is 1. The van der Waals surface area contributed by atoms with Crippen LogP contribution in [0.1, 0.15) is 37.3 Å². The highest BCUT2D eigenvalue weighted by Crippen LogP contribution is 2.33. The summed E-state index contributed by atoms with van der Waals surface area (Å²) < 4.78 is 6.85. The minimum atomic E-state index is -0.930. The summed E-state index contributed by atoms with van der Waals surface area (Å²) >= 11 is 6.12. The van der Waals surface area contributed by atoms with Crippen molar-refractivity contribution in [2.24, 2.45) is 0 Å². The van der Waals surface area contributed by atoms with Gasteiger partial charge in [0.2, 0.25) is 5.88 Å². The van der Waals surface area contributed by atoms with E-state index in [1.165, 1.54) is 13.3 Å². The van der Waals surface area contributed by atoms with Gasteiger partial charge in [-0.25, -0.2) is 4.98 Å². The Morgan fingerprint density at radius 2 is 2.16 bits per heavy atom. The first-order valence-electron chi connectivity index (χ1n) is 5.96. The molecule has 0 spiro atoms. The van der Waals surface area contributed by atoms with Crippen LogP contribution in [0.5, 0.6) is 5.88 Å². The van der Waals surface area contributed by atoms with Gasteiger partial charge in [0, 0.05) is 17.8 Å². The number of halogens is 1. The van der Waals surface area contributed by atoms with Crippen LogP contribution in [0.15, 0.2) is 24.5 Å². The molecular weight excluding hydrogens is 266 g/mol. The van der Waals surface area contributed by atoms with Gasteiger partial charge < -0.3 is 9.84 Å². The van der Waals surface area contributed by atoms with E-state index in [1.54, 1.807) is 23.0 Å². The Balaban J connectivity index is 2.50. The van der Waals surface area contributed by atoms with Gasteiger partial charge in [0.25, 0.3) is 0 Å². The molecule has 1 N–H and O–H groups in total. The molecule has 102 valence electrons. The van der Waals surface area contributed by atoms with E-state index in [-0.39, 0.29) is 6.04 Å². The SMILES string of the molecule is COc1ncccc1C(O)c1c(Cl)cnn1C(C)C. The molecule has 5 nitrogen and oxygen atoms in total. The average Bonchev–Trinajstić information content (AvgIpc) is 2.80. The van der Waals surface area contributed by atoms with Crippen LogP contribution < -0.4 is 4.74 Å². The number of aliphatic hydroxyl groups is 1. The lowest BCUT2D eigenvalue weighted by molar-refractivity contribution is 0.199. The lowest BCUT2D eigenvalue weighted by atomic mass is 10.1. The predicted molar refractivity (Wildman–Crippen MR) is 72.5 cm³/mol. The van der Waals surface area contributed by atoms with Crippen molar-refractivity contribution >= 4 is 11.6 Å². The quantitative estimate of drug-likeness (QED) is 0.936. The number of methoxy groups -OCH3 is 1. The maximum atomic E-state index is 10.5. The van der Waals surface area contributed by atoms with E-state index in [0.29, 0.717) is 22.2 Å². The van der Waals surface area contributed by atoms with E-state index in [2.05, 4.69) is 10.1 Å². The molecular formula is C13H16ClN3O2. The number of hydrogen-bond donors (Lipinski definition) is 1. The number of rotatable bonds is 4. The van der Waals surface area contributed by atoms with Crippen molar-refractivity contribution in [2.45, 2.75) is 26.0 Å². The van der Waals surface area contributed by atoms with E-state index >= 15 is 0 Å². The first-order chi connectivity index (χ1) is 9.06. The molecule has 19 heavy (non-hydrogen) atoms. The minimum Gasteiger partial charge on any atom is -0.481 e. The van der Waals surface area contributed by atoms with Gasteiger partial charge in [-0.15, -0.1) is 0 Å². The third-order valence-electron chi connectivity index (χ3n) is 2.82. The molecule has 0 aliphatic heterocycles. The van der Waals surface area contributed by atoms with Crippen LogP contribution in [0.25, 0.3) is 0 Å². The topological polar surface area (TPSA) is 60.2 Å². The van der Waals surface area contributed by atoms with Gasteiger partial charge in [0.1, 0.15) is 6.10 Å². The highest BCUT2D eigenvalue weighted by atomic mass is 35.5. The standard InChI is InChI=1S/C13H16ClN3O2/c1-8(2)17-11(10(14)7-16-17)12(18)9-5-4-6-15-13(9)19-3/h4-8,12,18H,1-3H3. The van der Waals surface area contributed by atoms with Crippen LogP contribution >= 0.6 is 11.6 Å². The summed E-state index contributed by atoms with van der Waals surface area (Å²) in [6.45, 7) is 3.94. The molecule has 0 aliphatic rings. The Morgan fingerprint density at radius 3 is 2.79 bits per heavy atom. The van der Waals surface area contributed by atoms with Crippen LogP contribution in [-0.2, 0) is 0 Å². The fourth-order valence-electron chi connectivity index (χ4n) is 1.95. The first-order valence-corrected chi connectivity index (χ1v) is 6.34. The van der Waals surface area contributed by atoms with Gasteiger partial charge >= 0.3 is 0 Å². The van der Waals surface area contributed by atoms with Crippen LogP contribution in [0.2, 0.25) is 5.02 Å². The predicted octanol–water partition coefficient (Wildman–Crippen LogP) is 2.60. The van der Waals surface area contributed by atoms with Crippen LogP contribution in [0.4, 0.5) is 0 Å². The molecule has 2 aromatic heterocycles. The van der Waals surface area contributed by atoms with Gasteiger partial charge in [-0.3, -0.25) is 4.68 Å². The van der Waals surface area contributed by atoms with Gasteiger partial charge in [-0.1, -0.05) is 11.6 Å². The largest absolute Gasteiger partial charge is 0.481 e. The summed E-state index contributed by atoms with van der Waals surface area (Å²) in [5.74, 6) is 0.377. The van der Waals surface area contributed by atoms with Crippen molar-refractivity contribution in [3.8, 4) is 5.88 Å². The highest BCUT2D eigenvalue weighted by Gasteiger charge is 2.24. The molecule has 0 bridgehead atoms. The number of aliphatic hydroxyl groups excluding tert-OH is 1. The van der Waals surface area contributed by atoms with Crippen molar-refractivity contribution in [1.82, 2.24) is 14.8 Å². The molecule has 0 aliphatic carbocycles. The molecule has 6 heteroatoms. The van der Waals surface area contributed by atoms with Crippen LogP contribution in [0.3, 0.4) is 0 Å². The lowest BCUT2D eigenvalue weighted by Gasteiger charge is -2.18. The van der Waals surface area contributed by atoms with Crippen molar-refractivity contribution in [2.75, 3.05) is 7.11 Å². The van der Waals surface area contributed by atoms with E-state index < -0.39 is 6.10 Å². The summed E-state index contributed by atoms with van der Waals surface area (Å²) in [7, 11) is 1.51. The third-order valence-corrected chi connectivity index (χ3v) is 3.11. The smallest absolute Gasteiger partial charge is 0.219 e. The maximum Gasteiger partial charge on any atom is 0.219 e. The fourth-order valence-corrected chi connectivity index (χ4v) is 2.18. The molecule has 0 saturated carbocycles. The number of hydrogen-bond acceptors (Lipinski definition) is 4. The second-order valence-electron chi connectivity index (χ2n) is 4.42. The van der Waals surface area contributed by atoms with E-state index in [4.69, 9.17) is 16.3 Å². The molecule has 0 fully saturated rings. The van der Waals surface area contributed by atoms with Gasteiger partial charge in [-0.2, -0.15) is 5.10 Å². The van der Waals surface area contributed by atoms with Gasteiger partial charge in [0.05, 0.1) is 24.0 Å². The molecule has 1 atom stereocenters. The zero-order valence-electron chi connectivity index (χ0n) is 11.0. The number of nitrogens with zero attached hydrogens (tertiary/aromatic N) is 3. The summed E-state index contributed by atoms with van der Waals surface area (Å²) in [5.41, 5.74) is 1.11. The zero-order chi connectivity index (χ0) is 14.0. The Kier molecular flexibility index (Phi) is 4.07. The van der Waals surface area contributed by atoms with E-state index in [9.17, 15) is 5.11 Å². The molecule has 2 rings (SSSR count). The van der Waals surface area contributed by atoms with Crippen molar-refractivity contribution in [3.05, 3.63) is 40.8 Å². The Morgan fingerprint density at radius 1 is 1.42 bits per heavy atom. The number of aromatic nitrogens is 3. The summed E-state index contributed by atoms with van der Waals surface area (Å²) in [4.78, 5) is 4.08. The highest BCUT2D eigenvalue weighted by molar-refractivity contribution is 6.31. The summed E-state index contributed by atoms with van der Waals surface area (Å²) in [6, 6.07) is 3.59. The fraction of sp³-hybridized carbons (Fsp3) is 0.385. The Labute approximate surface area is 116 Å². The molecule has 0 amide bonds. The van der Waals surface area contributed by atoms with E-state index in [0.717, 1.165) is 0 Å². The normalized spacial score (nSPS) is 12.7. The monoisotopic (exact) mass is 281 g/mol. The third kappa shape index (κ3) is 2.57. The lowest BCUT2D eigenvalue weighted by Crippen LogP contribution is -2.13. The van der Waals surface area contributed by atoms with Crippen molar-refractivity contribution in [1.29, 1.82) is 0 Å².